The molecule has 0 aromatic carbocycles. The fourth-order valence-corrected chi connectivity index (χ4v) is 2.06. The number of hydrogen-bond donors (Lipinski definition) is 0. The first-order valence-electron chi connectivity index (χ1n) is 5.57. The highest BCUT2D eigenvalue weighted by atomic mass is 16.5. The second-order valence-electron chi connectivity index (χ2n) is 4.04. The van der Waals surface area contributed by atoms with E-state index in [0.29, 0.717) is 5.92 Å². The van der Waals surface area contributed by atoms with Gasteiger partial charge in [0, 0.05) is 6.08 Å². The van der Waals surface area contributed by atoms with Gasteiger partial charge in [-0.25, -0.2) is 4.79 Å². The smallest absolute Gasteiger partial charge is 0.330 e. The van der Waals surface area contributed by atoms with Gasteiger partial charge in [-0.1, -0.05) is 25.3 Å². The second kappa shape index (κ2) is 5.84. The van der Waals surface area contributed by atoms with E-state index in [1.165, 1.54) is 38.2 Å². The summed E-state index contributed by atoms with van der Waals surface area (Å²) in [5.41, 5.74) is 0. The molecule has 0 saturated heterocycles. The van der Waals surface area contributed by atoms with Crippen LogP contribution in [-0.2, 0) is 9.53 Å². The Balaban J connectivity index is 2.32. The molecule has 2 heteroatoms. The van der Waals surface area contributed by atoms with Gasteiger partial charge in [0.15, 0.2) is 0 Å². The standard InChI is InChI=1S/C12H20O2/c1-3-7-12(13)14-10(2)11-8-5-4-6-9-11/h3,7,10-11H,4-6,8-9H2,1-2H3/b7-3+/t10-/m1/s1. The first-order chi connectivity index (χ1) is 6.74. The maximum Gasteiger partial charge on any atom is 0.330 e. The van der Waals surface area contributed by atoms with Crippen molar-refractivity contribution >= 4 is 5.97 Å². The molecule has 1 fully saturated rings. The van der Waals surface area contributed by atoms with E-state index >= 15 is 0 Å². The first-order valence-corrected chi connectivity index (χ1v) is 5.57. The number of rotatable bonds is 3. The molecule has 1 saturated carbocycles. The van der Waals surface area contributed by atoms with Crippen molar-refractivity contribution in [2.45, 2.75) is 52.1 Å². The highest BCUT2D eigenvalue weighted by molar-refractivity contribution is 5.81. The minimum atomic E-state index is -0.203. The second-order valence-corrected chi connectivity index (χ2v) is 4.04. The van der Waals surface area contributed by atoms with Crippen molar-refractivity contribution in [2.75, 3.05) is 0 Å². The molecule has 1 atom stereocenters. The van der Waals surface area contributed by atoms with Gasteiger partial charge in [0.25, 0.3) is 0 Å². The molecule has 0 bridgehead atoms. The van der Waals surface area contributed by atoms with Crippen LogP contribution >= 0.6 is 0 Å². The van der Waals surface area contributed by atoms with Gasteiger partial charge in [0.1, 0.15) is 6.10 Å². The lowest BCUT2D eigenvalue weighted by atomic mass is 9.86. The zero-order valence-electron chi connectivity index (χ0n) is 9.16. The summed E-state index contributed by atoms with van der Waals surface area (Å²) in [7, 11) is 0. The minimum absolute atomic E-state index is 0.0824. The molecule has 80 valence electrons. The Morgan fingerprint density at radius 1 is 1.36 bits per heavy atom. The fraction of sp³-hybridized carbons (Fsp3) is 0.750. The molecule has 0 aliphatic heterocycles. The van der Waals surface area contributed by atoms with E-state index in [0.717, 1.165) is 0 Å². The van der Waals surface area contributed by atoms with Crippen LogP contribution in [0.3, 0.4) is 0 Å². The zero-order valence-corrected chi connectivity index (χ0v) is 9.16. The first kappa shape index (κ1) is 11.3. The van der Waals surface area contributed by atoms with E-state index in [1.807, 2.05) is 13.8 Å². The molecule has 0 aromatic heterocycles. The summed E-state index contributed by atoms with van der Waals surface area (Å²) in [5, 5.41) is 0. The maximum absolute atomic E-state index is 11.2. The van der Waals surface area contributed by atoms with Gasteiger partial charge in [0.2, 0.25) is 0 Å². The highest BCUT2D eigenvalue weighted by Crippen LogP contribution is 2.27. The number of hydrogen-bond acceptors (Lipinski definition) is 2. The van der Waals surface area contributed by atoms with E-state index < -0.39 is 0 Å². The molecule has 1 rings (SSSR count). The summed E-state index contributed by atoms with van der Waals surface area (Å²) in [4.78, 5) is 11.2. The average Bonchev–Trinajstić information content (AvgIpc) is 2.19. The fourth-order valence-electron chi connectivity index (χ4n) is 2.06. The number of esters is 1. The van der Waals surface area contributed by atoms with E-state index in [4.69, 9.17) is 4.74 Å². The van der Waals surface area contributed by atoms with Crippen LogP contribution in [0.4, 0.5) is 0 Å². The van der Waals surface area contributed by atoms with E-state index in [1.54, 1.807) is 6.08 Å². The summed E-state index contributed by atoms with van der Waals surface area (Å²) in [6.45, 7) is 3.84. The van der Waals surface area contributed by atoms with E-state index in [9.17, 15) is 4.79 Å². The van der Waals surface area contributed by atoms with Crippen LogP contribution in [0.2, 0.25) is 0 Å². The normalized spacial score (nSPS) is 21.0. The molecule has 1 aliphatic carbocycles. The average molecular weight is 196 g/mol. The topological polar surface area (TPSA) is 26.3 Å². The molecule has 0 spiro atoms. The van der Waals surface area contributed by atoms with Crippen LogP contribution < -0.4 is 0 Å². The van der Waals surface area contributed by atoms with Crippen molar-refractivity contribution in [2.24, 2.45) is 5.92 Å². The molecule has 2 nitrogen and oxygen atoms in total. The summed E-state index contributed by atoms with van der Waals surface area (Å²) in [5.74, 6) is 0.378. The predicted molar refractivity (Wildman–Crippen MR) is 56.9 cm³/mol. The van der Waals surface area contributed by atoms with Crippen molar-refractivity contribution in [3.05, 3.63) is 12.2 Å². The monoisotopic (exact) mass is 196 g/mol. The summed E-state index contributed by atoms with van der Waals surface area (Å²) >= 11 is 0. The Labute approximate surface area is 86.3 Å². The molecular formula is C12H20O2. The Kier molecular flexibility index (Phi) is 4.71. The Morgan fingerprint density at radius 3 is 2.57 bits per heavy atom. The molecule has 0 unspecified atom stereocenters. The molecule has 0 radical (unpaired) electrons. The van der Waals surface area contributed by atoms with Crippen molar-refractivity contribution < 1.29 is 9.53 Å². The molecule has 0 aromatic rings. The van der Waals surface area contributed by atoms with E-state index in [2.05, 4.69) is 0 Å². The molecule has 14 heavy (non-hydrogen) atoms. The lowest BCUT2D eigenvalue weighted by Gasteiger charge is -2.26. The van der Waals surface area contributed by atoms with Crippen LogP contribution in [0.25, 0.3) is 0 Å². The number of ether oxygens (including phenoxy) is 1. The van der Waals surface area contributed by atoms with Crippen LogP contribution in [-0.4, -0.2) is 12.1 Å². The maximum atomic E-state index is 11.2. The van der Waals surface area contributed by atoms with Crippen molar-refractivity contribution in [3.63, 3.8) is 0 Å². The third-order valence-electron chi connectivity index (χ3n) is 2.92. The lowest BCUT2D eigenvalue weighted by molar-refractivity contribution is -0.145. The molecule has 0 amide bonds. The van der Waals surface area contributed by atoms with Gasteiger partial charge in [-0.3, -0.25) is 0 Å². The molecule has 0 heterocycles. The highest BCUT2D eigenvalue weighted by Gasteiger charge is 2.22. The Hall–Kier alpha value is -0.790. The summed E-state index contributed by atoms with van der Waals surface area (Å²) in [6, 6.07) is 0. The van der Waals surface area contributed by atoms with Crippen LogP contribution in [0.1, 0.15) is 46.0 Å². The molecule has 1 aliphatic rings. The number of carbonyl (C=O) groups is 1. The van der Waals surface area contributed by atoms with Gasteiger partial charge in [0.05, 0.1) is 0 Å². The third kappa shape index (κ3) is 3.52. The largest absolute Gasteiger partial charge is 0.459 e. The summed E-state index contributed by atoms with van der Waals surface area (Å²) < 4.78 is 5.30. The Morgan fingerprint density at radius 2 is 2.00 bits per heavy atom. The van der Waals surface area contributed by atoms with Gasteiger partial charge in [-0.15, -0.1) is 0 Å². The number of allylic oxidation sites excluding steroid dienone is 1. The van der Waals surface area contributed by atoms with Crippen molar-refractivity contribution in [3.8, 4) is 0 Å². The SMILES string of the molecule is C/C=C/C(=O)O[C@H](C)C1CCCCC1. The molecular weight excluding hydrogens is 176 g/mol. The van der Waals surface area contributed by atoms with E-state index in [-0.39, 0.29) is 12.1 Å². The van der Waals surface area contributed by atoms with Crippen LogP contribution in [0.5, 0.6) is 0 Å². The molecule has 0 N–H and O–H groups in total. The van der Waals surface area contributed by atoms with Gasteiger partial charge in [-0.05, 0) is 32.6 Å². The zero-order chi connectivity index (χ0) is 10.4. The van der Waals surface area contributed by atoms with Crippen LogP contribution in [0.15, 0.2) is 12.2 Å². The van der Waals surface area contributed by atoms with Gasteiger partial charge in [-0.2, -0.15) is 0 Å². The third-order valence-corrected chi connectivity index (χ3v) is 2.92. The Bertz CT molecular complexity index is 202. The van der Waals surface area contributed by atoms with Crippen LogP contribution in [0, 0.1) is 5.92 Å². The van der Waals surface area contributed by atoms with Gasteiger partial charge < -0.3 is 4.74 Å². The number of carbonyl (C=O) groups excluding carboxylic acids is 1. The summed E-state index contributed by atoms with van der Waals surface area (Å²) in [6.07, 6.45) is 9.63. The predicted octanol–water partition coefficient (Wildman–Crippen LogP) is 3.07. The van der Waals surface area contributed by atoms with Gasteiger partial charge >= 0.3 is 5.97 Å². The quantitative estimate of drug-likeness (QED) is 0.512. The van der Waals surface area contributed by atoms with Crippen molar-refractivity contribution in [1.29, 1.82) is 0 Å². The van der Waals surface area contributed by atoms with Crippen molar-refractivity contribution in [1.82, 2.24) is 0 Å². The lowest BCUT2D eigenvalue weighted by Crippen LogP contribution is -2.25. The minimum Gasteiger partial charge on any atom is -0.459 e.